The first kappa shape index (κ1) is 21.8. The first-order valence-electron chi connectivity index (χ1n) is 9.50. The Morgan fingerprint density at radius 3 is 2.70 bits per heavy atom. The van der Waals surface area contributed by atoms with Crippen molar-refractivity contribution in [2.24, 2.45) is 10.9 Å². The summed E-state index contributed by atoms with van der Waals surface area (Å²) in [5, 5.41) is 6.41. The minimum absolute atomic E-state index is 0.0930. The Morgan fingerprint density at radius 1 is 1.27 bits per heavy atom. The summed E-state index contributed by atoms with van der Waals surface area (Å²) in [6.07, 6.45) is 3.76. The lowest BCUT2D eigenvalue weighted by Crippen LogP contribution is -2.28. The zero-order valence-electron chi connectivity index (χ0n) is 16.7. The Kier molecular flexibility index (Phi) is 7.42. The molecule has 0 amide bonds. The quantitative estimate of drug-likeness (QED) is 0.431. The summed E-state index contributed by atoms with van der Waals surface area (Å²) in [6, 6.07) is 6.15. The number of benzene rings is 1. The van der Waals surface area contributed by atoms with E-state index in [1.807, 2.05) is 13.0 Å². The SMILES string of the molecule is C=C(CNCC1=CC=C(F)CC1C)C(=NCc1ccc(F)cc1)Nc1nsnc1N. The van der Waals surface area contributed by atoms with E-state index in [0.717, 1.165) is 22.9 Å². The van der Waals surface area contributed by atoms with Crippen LogP contribution in [0.2, 0.25) is 0 Å². The molecule has 1 aromatic heterocycles. The molecular weight excluding hydrogens is 406 g/mol. The number of aliphatic imine (C=N–C) groups is 1. The van der Waals surface area contributed by atoms with Gasteiger partial charge in [0, 0.05) is 25.1 Å². The number of hydrogen-bond donors (Lipinski definition) is 3. The maximum atomic E-state index is 13.3. The lowest BCUT2D eigenvalue weighted by Gasteiger charge is -2.19. The molecule has 0 fully saturated rings. The highest BCUT2D eigenvalue weighted by Crippen LogP contribution is 2.24. The number of rotatable bonds is 8. The van der Waals surface area contributed by atoms with Gasteiger partial charge in [0.15, 0.2) is 11.6 Å². The summed E-state index contributed by atoms with van der Waals surface area (Å²) >= 11 is 1.000. The van der Waals surface area contributed by atoms with Crippen molar-refractivity contribution in [2.45, 2.75) is 19.9 Å². The van der Waals surface area contributed by atoms with Gasteiger partial charge in [-0.3, -0.25) is 4.99 Å². The van der Waals surface area contributed by atoms with E-state index >= 15 is 0 Å². The number of hydrogen-bond acceptors (Lipinski definition) is 6. The maximum Gasteiger partial charge on any atom is 0.189 e. The summed E-state index contributed by atoms with van der Waals surface area (Å²) in [6.45, 7) is 7.54. The van der Waals surface area contributed by atoms with Gasteiger partial charge in [-0.25, -0.2) is 8.78 Å². The van der Waals surface area contributed by atoms with E-state index < -0.39 is 0 Å². The van der Waals surface area contributed by atoms with Crippen LogP contribution in [0.1, 0.15) is 18.9 Å². The summed E-state index contributed by atoms with van der Waals surface area (Å²) < 4.78 is 34.5. The van der Waals surface area contributed by atoms with Crippen molar-refractivity contribution in [3.05, 3.63) is 71.4 Å². The highest BCUT2D eigenvalue weighted by Gasteiger charge is 2.15. The largest absolute Gasteiger partial charge is 0.380 e. The van der Waals surface area contributed by atoms with Crippen LogP contribution in [-0.2, 0) is 6.54 Å². The Hall–Kier alpha value is -2.91. The van der Waals surface area contributed by atoms with Gasteiger partial charge < -0.3 is 16.4 Å². The predicted molar refractivity (Wildman–Crippen MR) is 119 cm³/mol. The molecule has 1 aliphatic rings. The van der Waals surface area contributed by atoms with Crippen molar-refractivity contribution < 1.29 is 8.78 Å². The molecule has 0 aliphatic heterocycles. The Balaban J connectivity index is 1.65. The van der Waals surface area contributed by atoms with Gasteiger partial charge in [0.25, 0.3) is 0 Å². The molecule has 6 nitrogen and oxygen atoms in total. The lowest BCUT2D eigenvalue weighted by molar-refractivity contribution is 0.510. The van der Waals surface area contributed by atoms with Crippen LogP contribution in [-0.4, -0.2) is 27.7 Å². The van der Waals surface area contributed by atoms with E-state index in [-0.39, 0.29) is 23.4 Å². The van der Waals surface area contributed by atoms with Crippen LogP contribution in [0.3, 0.4) is 0 Å². The molecular formula is C21H24F2N6S. The number of nitrogens with one attached hydrogen (secondary N) is 2. The van der Waals surface area contributed by atoms with E-state index in [4.69, 9.17) is 5.73 Å². The van der Waals surface area contributed by atoms with Crippen LogP contribution in [0.4, 0.5) is 20.4 Å². The highest BCUT2D eigenvalue weighted by molar-refractivity contribution is 6.99. The van der Waals surface area contributed by atoms with Crippen molar-refractivity contribution in [2.75, 3.05) is 24.1 Å². The third-order valence-electron chi connectivity index (χ3n) is 4.70. The Morgan fingerprint density at radius 2 is 2.03 bits per heavy atom. The molecule has 1 atom stereocenters. The number of aromatic nitrogens is 2. The van der Waals surface area contributed by atoms with Gasteiger partial charge in [0.05, 0.1) is 18.3 Å². The molecule has 0 bridgehead atoms. The average molecular weight is 431 g/mol. The fourth-order valence-corrected chi connectivity index (χ4v) is 3.36. The topological polar surface area (TPSA) is 88.2 Å². The zero-order valence-corrected chi connectivity index (χ0v) is 17.5. The molecule has 2 aromatic rings. The zero-order chi connectivity index (χ0) is 21.5. The minimum atomic E-state index is -0.294. The van der Waals surface area contributed by atoms with Gasteiger partial charge in [0.1, 0.15) is 17.5 Å². The van der Waals surface area contributed by atoms with Gasteiger partial charge >= 0.3 is 0 Å². The van der Waals surface area contributed by atoms with Crippen LogP contribution in [0, 0.1) is 11.7 Å². The van der Waals surface area contributed by atoms with Crippen LogP contribution in [0.5, 0.6) is 0 Å². The Bertz CT molecular complexity index is 978. The summed E-state index contributed by atoms with van der Waals surface area (Å²) in [5.74, 6) is 0.985. The van der Waals surface area contributed by atoms with Crippen molar-refractivity contribution in [3.8, 4) is 0 Å². The van der Waals surface area contributed by atoms with Gasteiger partial charge in [-0.1, -0.05) is 37.3 Å². The molecule has 3 rings (SSSR count). The van der Waals surface area contributed by atoms with Gasteiger partial charge in [-0.05, 0) is 29.7 Å². The van der Waals surface area contributed by atoms with Crippen LogP contribution >= 0.6 is 11.7 Å². The number of allylic oxidation sites excluding steroid dienone is 3. The number of nitrogen functional groups attached to an aromatic ring is 1. The normalized spacial score (nSPS) is 16.8. The lowest BCUT2D eigenvalue weighted by atomic mass is 9.92. The van der Waals surface area contributed by atoms with E-state index in [1.54, 1.807) is 12.1 Å². The van der Waals surface area contributed by atoms with E-state index in [1.165, 1.54) is 18.2 Å². The third kappa shape index (κ3) is 6.04. The van der Waals surface area contributed by atoms with Crippen molar-refractivity contribution in [1.29, 1.82) is 0 Å². The van der Waals surface area contributed by atoms with Gasteiger partial charge in [0.2, 0.25) is 0 Å². The average Bonchev–Trinajstić information content (AvgIpc) is 3.12. The van der Waals surface area contributed by atoms with Gasteiger partial charge in [-0.2, -0.15) is 8.75 Å². The molecule has 30 heavy (non-hydrogen) atoms. The van der Waals surface area contributed by atoms with Crippen LogP contribution < -0.4 is 16.4 Å². The number of nitrogens with two attached hydrogens (primary N) is 1. The molecule has 1 unspecified atom stereocenters. The molecule has 9 heteroatoms. The van der Waals surface area contributed by atoms with Crippen molar-refractivity contribution >= 4 is 29.2 Å². The molecule has 1 aromatic carbocycles. The molecule has 0 radical (unpaired) electrons. The molecule has 0 saturated carbocycles. The smallest absolute Gasteiger partial charge is 0.189 e. The standard InChI is InChI=1S/C21H24F2N6S/c1-13-9-18(23)8-5-16(13)12-25-10-14(2)20(27-21-19(24)28-30-29-21)26-11-15-3-6-17(22)7-4-15/h3-8,13,25H,2,9-12H2,1H3,(H2,24,28)(H,26,27,29). The first-order chi connectivity index (χ1) is 14.4. The highest BCUT2D eigenvalue weighted by atomic mass is 32.1. The molecule has 158 valence electrons. The number of amidine groups is 1. The molecule has 4 N–H and O–H groups in total. The van der Waals surface area contributed by atoms with Crippen LogP contribution in [0.25, 0.3) is 0 Å². The Labute approximate surface area is 178 Å². The number of halogens is 2. The van der Waals surface area contributed by atoms with Crippen molar-refractivity contribution in [1.82, 2.24) is 14.1 Å². The number of anilines is 2. The second kappa shape index (κ2) is 10.2. The monoisotopic (exact) mass is 430 g/mol. The summed E-state index contributed by atoms with van der Waals surface area (Å²) in [7, 11) is 0. The van der Waals surface area contributed by atoms with Crippen molar-refractivity contribution in [3.63, 3.8) is 0 Å². The fourth-order valence-electron chi connectivity index (χ4n) is 2.92. The van der Waals surface area contributed by atoms with Gasteiger partial charge in [-0.15, -0.1) is 0 Å². The molecule has 0 spiro atoms. The summed E-state index contributed by atoms with van der Waals surface area (Å²) in [4.78, 5) is 4.58. The summed E-state index contributed by atoms with van der Waals surface area (Å²) in [5.41, 5.74) is 8.52. The second-order valence-corrected chi connectivity index (χ2v) is 7.61. The van der Waals surface area contributed by atoms with E-state index in [2.05, 4.69) is 31.0 Å². The maximum absolute atomic E-state index is 13.3. The number of nitrogens with zero attached hydrogens (tertiary/aromatic N) is 3. The fraction of sp³-hybridized carbons (Fsp3) is 0.286. The first-order valence-corrected chi connectivity index (χ1v) is 10.2. The second-order valence-electron chi connectivity index (χ2n) is 7.08. The molecule has 1 heterocycles. The predicted octanol–water partition coefficient (Wildman–Crippen LogP) is 4.24. The molecule has 0 saturated heterocycles. The van der Waals surface area contributed by atoms with E-state index in [9.17, 15) is 8.78 Å². The molecule has 1 aliphatic carbocycles. The third-order valence-corrected chi connectivity index (χ3v) is 5.24. The minimum Gasteiger partial charge on any atom is -0.380 e. The van der Waals surface area contributed by atoms with Crippen LogP contribution in [0.15, 0.2) is 65.0 Å². The van der Waals surface area contributed by atoms with E-state index in [0.29, 0.717) is 43.3 Å².